The quantitative estimate of drug-likeness (QED) is 0.0335. The molecule has 0 saturated carbocycles. The number of rotatable bonds is 31. The number of allylic oxidation sites excluding steroid dienone is 2. The van der Waals surface area contributed by atoms with Gasteiger partial charge in [0.15, 0.2) is 49.2 Å². The lowest BCUT2D eigenvalue weighted by atomic mass is 9.96. The Labute approximate surface area is 400 Å². The van der Waals surface area contributed by atoms with Crippen LogP contribution in [0.1, 0.15) is 159 Å². The van der Waals surface area contributed by atoms with Gasteiger partial charge in [0, 0.05) is 54.9 Å². The standard InChI is InChI=1S/C48H76O20/c1-10-11-27-57-40(56)26-24-22-20-18-16-14-12-13-15-17-19-21-23-25-30(2)60-47-46(44(64-36(8)54)42(62-34(6)52)38(66-47)28-58-31(3)49)68-48-45(65-37(9)55)43(63-35(7)53)41(61-33(5)51)39(67-48)29-59-32(4)50/h12-13,30,38-39,41-48H,10-11,14-29H2,1-9H3/b13-12+/t30?,38-,39-,41-,42-,43+,44+,45-,46-,47-,48+/m1/s1. The SMILES string of the molecule is CCCCOC(=O)CCCCCCC/C=C/CCCCCCC(C)O[C@@H]1O[C@H](COC(C)=O)[C@@H](OC(C)=O)[C@H](OC(C)=O)[C@H]1O[C@@H]1O[C@H](COC(C)=O)[C@@H](OC(C)=O)[C@H](OC(C)=O)[C@H]1OC(C)=O. The first-order valence-corrected chi connectivity index (χ1v) is 23.9. The smallest absolute Gasteiger partial charge is 0.305 e. The van der Waals surface area contributed by atoms with Crippen LogP contribution in [0.25, 0.3) is 0 Å². The average molecular weight is 973 g/mol. The van der Waals surface area contributed by atoms with Gasteiger partial charge < -0.3 is 56.8 Å². The largest absolute Gasteiger partial charge is 0.466 e. The topological polar surface area (TPSA) is 247 Å². The summed E-state index contributed by atoms with van der Waals surface area (Å²) in [6.07, 6.45) is 2.34. The van der Waals surface area contributed by atoms with E-state index in [4.69, 9.17) is 56.8 Å². The molecule has 2 fully saturated rings. The molecule has 2 aliphatic heterocycles. The number of esters is 8. The fraction of sp³-hybridized carbons (Fsp3) is 0.792. The van der Waals surface area contributed by atoms with Crippen LogP contribution in [0.2, 0.25) is 0 Å². The fourth-order valence-electron chi connectivity index (χ4n) is 7.62. The van der Waals surface area contributed by atoms with Crippen molar-refractivity contribution in [2.45, 2.75) is 226 Å². The van der Waals surface area contributed by atoms with Crippen molar-refractivity contribution in [2.75, 3.05) is 19.8 Å². The Morgan fingerprint density at radius 3 is 1.38 bits per heavy atom. The third kappa shape index (κ3) is 24.1. The second-order valence-corrected chi connectivity index (χ2v) is 17.0. The van der Waals surface area contributed by atoms with Gasteiger partial charge >= 0.3 is 47.8 Å². The Morgan fingerprint density at radius 1 is 0.471 bits per heavy atom. The van der Waals surface area contributed by atoms with Crippen molar-refractivity contribution >= 4 is 47.8 Å². The first-order chi connectivity index (χ1) is 32.3. The number of hydrogen-bond acceptors (Lipinski definition) is 20. The Kier molecular flexibility index (Phi) is 28.8. The molecule has 20 heteroatoms. The summed E-state index contributed by atoms with van der Waals surface area (Å²) in [5.41, 5.74) is 0. The first-order valence-electron chi connectivity index (χ1n) is 23.9. The third-order valence-corrected chi connectivity index (χ3v) is 10.7. The lowest BCUT2D eigenvalue weighted by Gasteiger charge is -2.49. The van der Waals surface area contributed by atoms with Gasteiger partial charge in [-0.3, -0.25) is 38.4 Å². The normalized spacial score (nSPS) is 25.1. The molecule has 0 aromatic rings. The maximum Gasteiger partial charge on any atom is 0.305 e. The molecule has 0 radical (unpaired) electrons. The Hall–Kier alpha value is -4.66. The van der Waals surface area contributed by atoms with Gasteiger partial charge in [0.1, 0.15) is 25.4 Å². The summed E-state index contributed by atoms with van der Waals surface area (Å²) in [7, 11) is 0. The Morgan fingerprint density at radius 2 is 0.897 bits per heavy atom. The van der Waals surface area contributed by atoms with Gasteiger partial charge in [-0.25, -0.2) is 0 Å². The van der Waals surface area contributed by atoms with Crippen LogP contribution in [-0.4, -0.2) is 135 Å². The monoisotopic (exact) mass is 972 g/mol. The molecule has 0 aromatic carbocycles. The van der Waals surface area contributed by atoms with Gasteiger partial charge in [-0.1, -0.05) is 64.0 Å². The van der Waals surface area contributed by atoms with Crippen LogP contribution in [0.5, 0.6) is 0 Å². The lowest BCUT2D eigenvalue weighted by Crippen LogP contribution is -2.67. The van der Waals surface area contributed by atoms with E-state index in [0.29, 0.717) is 19.4 Å². The van der Waals surface area contributed by atoms with Crippen molar-refractivity contribution in [1.82, 2.24) is 0 Å². The van der Waals surface area contributed by atoms with Crippen LogP contribution < -0.4 is 0 Å². The van der Waals surface area contributed by atoms with Crippen molar-refractivity contribution in [3.63, 3.8) is 0 Å². The van der Waals surface area contributed by atoms with Gasteiger partial charge in [-0.15, -0.1) is 0 Å². The van der Waals surface area contributed by atoms with Gasteiger partial charge in [0.05, 0.1) is 12.7 Å². The highest BCUT2D eigenvalue weighted by atomic mass is 16.8. The minimum atomic E-state index is -1.77. The van der Waals surface area contributed by atoms with E-state index in [-0.39, 0.29) is 5.97 Å². The van der Waals surface area contributed by atoms with E-state index in [2.05, 4.69) is 19.1 Å². The molecule has 0 aromatic heterocycles. The third-order valence-electron chi connectivity index (χ3n) is 10.7. The molecule has 0 N–H and O–H groups in total. The summed E-state index contributed by atoms with van der Waals surface area (Å²) >= 11 is 0. The zero-order valence-corrected chi connectivity index (χ0v) is 41.4. The molecule has 2 heterocycles. The highest BCUT2D eigenvalue weighted by Crippen LogP contribution is 2.36. The second-order valence-electron chi connectivity index (χ2n) is 17.0. The highest BCUT2D eigenvalue weighted by molar-refractivity contribution is 5.70. The van der Waals surface area contributed by atoms with Gasteiger partial charge in [0.2, 0.25) is 0 Å². The molecular formula is C48H76O20. The van der Waals surface area contributed by atoms with E-state index in [9.17, 15) is 38.4 Å². The molecule has 11 atom stereocenters. The molecule has 2 aliphatic rings. The van der Waals surface area contributed by atoms with E-state index in [1.165, 1.54) is 6.92 Å². The molecule has 0 aliphatic carbocycles. The fourth-order valence-corrected chi connectivity index (χ4v) is 7.62. The predicted molar refractivity (Wildman–Crippen MR) is 239 cm³/mol. The van der Waals surface area contributed by atoms with E-state index in [1.54, 1.807) is 6.92 Å². The summed E-state index contributed by atoms with van der Waals surface area (Å²) in [5, 5.41) is 0. The van der Waals surface area contributed by atoms with Crippen LogP contribution in [-0.2, 0) is 95.2 Å². The molecule has 0 spiro atoms. The van der Waals surface area contributed by atoms with Crippen molar-refractivity contribution in [1.29, 1.82) is 0 Å². The molecule has 20 nitrogen and oxygen atoms in total. The van der Waals surface area contributed by atoms with Crippen LogP contribution in [0.3, 0.4) is 0 Å². The minimum absolute atomic E-state index is 0.103. The number of hydrogen-bond donors (Lipinski definition) is 0. The summed E-state index contributed by atoms with van der Waals surface area (Å²) in [4.78, 5) is 98.3. The number of unbranched alkanes of at least 4 members (excludes halogenated alkanes) is 10. The Bertz CT molecular complexity index is 1610. The molecule has 0 amide bonds. The number of carbonyl (C=O) groups is 8. The first kappa shape index (κ1) is 59.5. The van der Waals surface area contributed by atoms with E-state index in [0.717, 1.165) is 125 Å². The summed E-state index contributed by atoms with van der Waals surface area (Å²) in [5.74, 6) is -5.80. The Balaban J connectivity index is 2.24. The van der Waals surface area contributed by atoms with Crippen LogP contribution in [0, 0.1) is 0 Å². The molecule has 68 heavy (non-hydrogen) atoms. The maximum atomic E-state index is 12.8. The molecular weight excluding hydrogens is 897 g/mol. The van der Waals surface area contributed by atoms with Crippen LogP contribution >= 0.6 is 0 Å². The second kappa shape index (κ2) is 33.0. The average Bonchev–Trinajstić information content (AvgIpc) is 3.24. The van der Waals surface area contributed by atoms with Crippen molar-refractivity contribution in [3.05, 3.63) is 12.2 Å². The number of carbonyl (C=O) groups excluding carboxylic acids is 8. The molecule has 2 saturated heterocycles. The van der Waals surface area contributed by atoms with Gasteiger partial charge in [-0.2, -0.15) is 0 Å². The van der Waals surface area contributed by atoms with Gasteiger partial charge in [0.25, 0.3) is 0 Å². The summed E-state index contributed by atoms with van der Waals surface area (Å²) in [6.45, 7) is 11.0. The van der Waals surface area contributed by atoms with Crippen molar-refractivity contribution in [3.8, 4) is 0 Å². The lowest BCUT2D eigenvalue weighted by molar-refractivity contribution is -0.372. The molecule has 0 bridgehead atoms. The predicted octanol–water partition coefficient (Wildman–Crippen LogP) is 5.98. The minimum Gasteiger partial charge on any atom is -0.466 e. The van der Waals surface area contributed by atoms with Crippen LogP contribution in [0.15, 0.2) is 12.2 Å². The van der Waals surface area contributed by atoms with Crippen LogP contribution in [0.4, 0.5) is 0 Å². The van der Waals surface area contributed by atoms with Gasteiger partial charge in [-0.05, 0) is 51.9 Å². The van der Waals surface area contributed by atoms with Crippen molar-refractivity contribution < 1.29 is 95.2 Å². The van der Waals surface area contributed by atoms with E-state index >= 15 is 0 Å². The van der Waals surface area contributed by atoms with E-state index < -0.39 is 123 Å². The van der Waals surface area contributed by atoms with Crippen molar-refractivity contribution in [2.24, 2.45) is 0 Å². The zero-order chi connectivity index (χ0) is 50.6. The molecule has 2 rings (SSSR count). The summed E-state index contributed by atoms with van der Waals surface area (Å²) < 4.78 is 69.1. The molecule has 1 unspecified atom stereocenters. The number of ether oxygens (including phenoxy) is 12. The summed E-state index contributed by atoms with van der Waals surface area (Å²) in [6, 6.07) is 0. The zero-order valence-electron chi connectivity index (χ0n) is 41.4. The molecule has 388 valence electrons. The van der Waals surface area contributed by atoms with E-state index in [1.807, 2.05) is 0 Å². The highest BCUT2D eigenvalue weighted by Gasteiger charge is 2.58. The maximum absolute atomic E-state index is 12.8.